The Hall–Kier alpha value is -3.23. The fraction of sp³-hybridized carbons (Fsp3) is 0.346. The largest absolute Gasteiger partial charge is 0.481 e. The van der Waals surface area contributed by atoms with Crippen molar-refractivity contribution in [3.8, 4) is 11.8 Å². The summed E-state index contributed by atoms with van der Waals surface area (Å²) in [4.78, 5) is 24.5. The highest BCUT2D eigenvalue weighted by molar-refractivity contribution is 6.30. The number of amides is 1. The summed E-state index contributed by atoms with van der Waals surface area (Å²) in [6.45, 7) is 2.44. The quantitative estimate of drug-likeness (QED) is 0.496. The average molecular weight is 499 g/mol. The molecule has 35 heavy (non-hydrogen) atoms. The number of carbonyl (C=O) groups excluding carboxylic acids is 1. The van der Waals surface area contributed by atoms with Gasteiger partial charge in [0.15, 0.2) is 5.82 Å². The minimum Gasteiger partial charge on any atom is -0.481 e. The average Bonchev–Trinajstić information content (AvgIpc) is 2.89. The van der Waals surface area contributed by atoms with Gasteiger partial charge in [0.05, 0.1) is 20.3 Å². The summed E-state index contributed by atoms with van der Waals surface area (Å²) in [5, 5.41) is 3.80. The highest BCUT2D eigenvalue weighted by Gasteiger charge is 2.29. The molecule has 2 heterocycles. The van der Waals surface area contributed by atoms with E-state index in [2.05, 4.69) is 20.2 Å². The number of likely N-dealkylation sites (tertiary alicyclic amines) is 1. The first kappa shape index (κ1) is 24.9. The lowest BCUT2D eigenvalue weighted by Gasteiger charge is -2.32. The number of hydrogen-bond acceptors (Lipinski definition) is 6. The Bertz CT molecular complexity index is 1110. The Morgan fingerprint density at radius 2 is 1.66 bits per heavy atom. The lowest BCUT2D eigenvalue weighted by molar-refractivity contribution is -0.127. The molecule has 0 aliphatic carbocycles. The first-order valence-electron chi connectivity index (χ1n) is 11.4. The summed E-state index contributed by atoms with van der Waals surface area (Å²) in [5.74, 6) is 0.326. The Morgan fingerprint density at radius 1 is 1.06 bits per heavy atom. The molecule has 1 unspecified atom stereocenters. The highest BCUT2D eigenvalue weighted by atomic mass is 35.5. The van der Waals surface area contributed by atoms with Crippen LogP contribution in [0.25, 0.3) is 0 Å². The number of aromatic nitrogens is 2. The van der Waals surface area contributed by atoms with Crippen LogP contribution in [0.2, 0.25) is 5.02 Å². The van der Waals surface area contributed by atoms with E-state index in [-0.39, 0.29) is 17.6 Å². The van der Waals surface area contributed by atoms with Crippen LogP contribution in [-0.4, -0.2) is 48.1 Å². The van der Waals surface area contributed by atoms with E-state index in [9.17, 15) is 9.18 Å². The van der Waals surface area contributed by atoms with Crippen LogP contribution in [0.1, 0.15) is 35.8 Å². The molecule has 0 radical (unpaired) electrons. The molecule has 1 amide bonds. The third-order valence-corrected chi connectivity index (χ3v) is 6.39. The second kappa shape index (κ2) is 11.5. The van der Waals surface area contributed by atoms with Gasteiger partial charge in [-0.05, 0) is 61.3 Å². The van der Waals surface area contributed by atoms with Gasteiger partial charge in [0, 0.05) is 17.5 Å². The fourth-order valence-electron chi connectivity index (χ4n) is 4.17. The molecule has 9 heteroatoms. The number of rotatable bonds is 8. The van der Waals surface area contributed by atoms with E-state index in [1.165, 1.54) is 31.9 Å². The van der Waals surface area contributed by atoms with E-state index in [0.717, 1.165) is 37.5 Å². The number of methoxy groups -OCH3 is 2. The normalized spacial score (nSPS) is 15.4. The summed E-state index contributed by atoms with van der Waals surface area (Å²) in [6, 6.07) is 14.6. The number of ether oxygens (including phenoxy) is 2. The molecule has 1 aliphatic heterocycles. The van der Waals surface area contributed by atoms with Gasteiger partial charge in [0.2, 0.25) is 17.7 Å². The lowest BCUT2D eigenvalue weighted by Crippen LogP contribution is -2.41. The molecule has 184 valence electrons. The minimum absolute atomic E-state index is 0.0872. The van der Waals surface area contributed by atoms with E-state index >= 15 is 0 Å². The Morgan fingerprint density at radius 3 is 2.23 bits per heavy atom. The van der Waals surface area contributed by atoms with Crippen molar-refractivity contribution in [3.63, 3.8) is 0 Å². The van der Waals surface area contributed by atoms with Crippen molar-refractivity contribution in [3.05, 3.63) is 82.4 Å². The van der Waals surface area contributed by atoms with Crippen LogP contribution < -0.4 is 14.8 Å². The number of nitrogens with one attached hydrogen (secondary N) is 1. The van der Waals surface area contributed by atoms with E-state index in [4.69, 9.17) is 21.1 Å². The molecule has 1 aromatic heterocycles. The zero-order chi connectivity index (χ0) is 24.8. The van der Waals surface area contributed by atoms with Gasteiger partial charge < -0.3 is 14.8 Å². The van der Waals surface area contributed by atoms with Crippen molar-refractivity contribution < 1.29 is 18.7 Å². The maximum Gasteiger partial charge on any atom is 0.224 e. The van der Waals surface area contributed by atoms with E-state index in [0.29, 0.717) is 23.1 Å². The molecule has 2 aromatic carbocycles. The first-order chi connectivity index (χ1) is 16.9. The second-order valence-electron chi connectivity index (χ2n) is 8.48. The van der Waals surface area contributed by atoms with E-state index < -0.39 is 6.04 Å². The summed E-state index contributed by atoms with van der Waals surface area (Å²) in [6.07, 6.45) is 1.47. The minimum atomic E-state index is -0.681. The number of benzene rings is 2. The second-order valence-corrected chi connectivity index (χ2v) is 8.92. The fourth-order valence-corrected chi connectivity index (χ4v) is 4.30. The van der Waals surface area contributed by atoms with Gasteiger partial charge in [-0.15, -0.1) is 0 Å². The SMILES string of the molecule is COc1cc(OC)nc(C(NC(=O)C2CCN(Cc3ccc(Cl)cc3)CC2)c2ccc(F)cc2)n1. The van der Waals surface area contributed by atoms with Crippen LogP contribution in [0.3, 0.4) is 0 Å². The van der Waals surface area contributed by atoms with Gasteiger partial charge >= 0.3 is 0 Å². The van der Waals surface area contributed by atoms with Crippen molar-refractivity contribution >= 4 is 17.5 Å². The molecular formula is C26H28ClFN4O3. The van der Waals surface area contributed by atoms with Gasteiger partial charge in [0.25, 0.3) is 0 Å². The third kappa shape index (κ3) is 6.46. The molecule has 3 aromatic rings. The maximum absolute atomic E-state index is 13.6. The zero-order valence-corrected chi connectivity index (χ0v) is 20.5. The first-order valence-corrected chi connectivity index (χ1v) is 11.8. The van der Waals surface area contributed by atoms with Gasteiger partial charge in [-0.1, -0.05) is 35.9 Å². The van der Waals surface area contributed by atoms with Crippen molar-refractivity contribution in [1.82, 2.24) is 20.2 Å². The zero-order valence-electron chi connectivity index (χ0n) is 19.7. The molecular weight excluding hydrogens is 471 g/mol. The van der Waals surface area contributed by atoms with Crippen LogP contribution in [0, 0.1) is 11.7 Å². The smallest absolute Gasteiger partial charge is 0.224 e. The number of halogens is 2. The van der Waals surface area contributed by atoms with Crippen molar-refractivity contribution in [1.29, 1.82) is 0 Å². The molecule has 4 rings (SSSR count). The number of nitrogens with zero attached hydrogens (tertiary/aromatic N) is 3. The summed E-state index contributed by atoms with van der Waals surface area (Å²) >= 11 is 5.98. The van der Waals surface area contributed by atoms with Crippen LogP contribution in [0.15, 0.2) is 54.6 Å². The molecule has 0 saturated carbocycles. The molecule has 0 spiro atoms. The van der Waals surface area contributed by atoms with Gasteiger partial charge in [-0.2, -0.15) is 9.97 Å². The third-order valence-electron chi connectivity index (χ3n) is 6.14. The molecule has 1 fully saturated rings. The molecule has 1 saturated heterocycles. The predicted molar refractivity (Wildman–Crippen MR) is 131 cm³/mol. The molecule has 1 aliphatic rings. The van der Waals surface area contributed by atoms with Crippen molar-refractivity contribution in [2.45, 2.75) is 25.4 Å². The Kier molecular flexibility index (Phi) is 8.15. The highest BCUT2D eigenvalue weighted by Crippen LogP contribution is 2.27. The van der Waals surface area contributed by atoms with Gasteiger partial charge in [-0.25, -0.2) is 4.39 Å². The van der Waals surface area contributed by atoms with E-state index in [1.54, 1.807) is 18.2 Å². The van der Waals surface area contributed by atoms with Crippen molar-refractivity contribution in [2.24, 2.45) is 5.92 Å². The number of carbonyl (C=O) groups is 1. The maximum atomic E-state index is 13.6. The summed E-state index contributed by atoms with van der Waals surface area (Å²) < 4.78 is 24.1. The Labute approximate surface area is 209 Å². The van der Waals surface area contributed by atoms with Gasteiger partial charge in [0.1, 0.15) is 11.9 Å². The molecule has 7 nitrogen and oxygen atoms in total. The van der Waals surface area contributed by atoms with Crippen LogP contribution in [-0.2, 0) is 11.3 Å². The Balaban J connectivity index is 1.47. The van der Waals surface area contributed by atoms with E-state index in [1.807, 2.05) is 24.3 Å². The summed E-state index contributed by atoms with van der Waals surface area (Å²) in [7, 11) is 2.99. The van der Waals surface area contributed by atoms with Crippen molar-refractivity contribution in [2.75, 3.05) is 27.3 Å². The van der Waals surface area contributed by atoms with Crippen LogP contribution >= 0.6 is 11.6 Å². The lowest BCUT2D eigenvalue weighted by atomic mass is 9.94. The van der Waals surface area contributed by atoms with Crippen LogP contribution in [0.4, 0.5) is 4.39 Å². The number of hydrogen-bond donors (Lipinski definition) is 1. The topological polar surface area (TPSA) is 76.6 Å². The van der Waals surface area contributed by atoms with Gasteiger partial charge in [-0.3, -0.25) is 9.69 Å². The van der Waals surface area contributed by atoms with Crippen LogP contribution in [0.5, 0.6) is 11.8 Å². The molecule has 0 bridgehead atoms. The monoisotopic (exact) mass is 498 g/mol. The summed E-state index contributed by atoms with van der Waals surface area (Å²) in [5.41, 5.74) is 1.85. The standard InChI is InChI=1S/C26H28ClFN4O3/c1-34-22-15-23(35-2)30-25(29-22)24(18-5-9-21(28)10-6-18)31-26(33)19-11-13-32(14-12-19)16-17-3-7-20(27)8-4-17/h3-10,15,19,24H,11-14,16H2,1-2H3,(H,31,33). The molecule has 1 N–H and O–H groups in total. The predicted octanol–water partition coefficient (Wildman–Crippen LogP) is 4.40. The molecule has 1 atom stereocenters. The number of piperidine rings is 1.